The lowest BCUT2D eigenvalue weighted by Crippen LogP contribution is -2.42. The summed E-state index contributed by atoms with van der Waals surface area (Å²) in [5, 5.41) is 9.55. The van der Waals surface area contributed by atoms with E-state index < -0.39 is 16.3 Å². The first-order valence-electron chi connectivity index (χ1n) is 15.9. The predicted octanol–water partition coefficient (Wildman–Crippen LogP) is 5.98. The van der Waals surface area contributed by atoms with E-state index in [4.69, 9.17) is 14.2 Å². The second-order valence-corrected chi connectivity index (χ2v) is 13.8. The van der Waals surface area contributed by atoms with Crippen molar-refractivity contribution < 1.29 is 27.7 Å². The van der Waals surface area contributed by atoms with Gasteiger partial charge in [0.2, 0.25) is 10.0 Å². The summed E-state index contributed by atoms with van der Waals surface area (Å²) < 4.78 is 47.0. The number of sulfonamides is 1. The van der Waals surface area contributed by atoms with Gasteiger partial charge < -0.3 is 19.3 Å². The van der Waals surface area contributed by atoms with Gasteiger partial charge in [0.1, 0.15) is 0 Å². The summed E-state index contributed by atoms with van der Waals surface area (Å²) in [5.74, 6) is 0. The summed E-state index contributed by atoms with van der Waals surface area (Å²) in [6, 6.07) is 32.8. The zero-order chi connectivity index (χ0) is 31.9. The Morgan fingerprint density at radius 2 is 1.63 bits per heavy atom. The molecule has 8 nitrogen and oxygen atoms in total. The average molecular weight is 643 g/mol. The average Bonchev–Trinajstić information content (AvgIpc) is 3.54. The minimum absolute atomic E-state index is 0.00288. The molecular formula is C37H42N2O6S. The Hall–Kier alpha value is -3.41. The minimum atomic E-state index is -3.62. The van der Waals surface area contributed by atoms with Gasteiger partial charge in [0, 0.05) is 38.2 Å². The summed E-state index contributed by atoms with van der Waals surface area (Å²) in [6.45, 7) is 2.73. The molecule has 2 aliphatic rings. The van der Waals surface area contributed by atoms with E-state index in [9.17, 15) is 13.5 Å². The van der Waals surface area contributed by atoms with Gasteiger partial charge in [0.15, 0.2) is 6.29 Å². The quantitative estimate of drug-likeness (QED) is 0.196. The highest BCUT2D eigenvalue weighted by Crippen LogP contribution is 2.39. The zero-order valence-corrected chi connectivity index (χ0v) is 26.9. The molecule has 9 heteroatoms. The molecule has 46 heavy (non-hydrogen) atoms. The van der Waals surface area contributed by atoms with Gasteiger partial charge in [-0.2, -0.15) is 0 Å². The molecule has 0 spiro atoms. The molecule has 0 saturated carbocycles. The Balaban J connectivity index is 1.21. The van der Waals surface area contributed by atoms with Crippen molar-refractivity contribution in [3.63, 3.8) is 0 Å². The molecule has 2 heterocycles. The van der Waals surface area contributed by atoms with Gasteiger partial charge in [-0.05, 0) is 71.5 Å². The molecule has 4 aromatic rings. The monoisotopic (exact) mass is 642 g/mol. The molecule has 0 aromatic heterocycles. The number of hydrogen-bond donors (Lipinski definition) is 2. The molecule has 0 unspecified atom stereocenters. The van der Waals surface area contributed by atoms with Crippen molar-refractivity contribution in [3.8, 4) is 11.1 Å². The van der Waals surface area contributed by atoms with Gasteiger partial charge in [-0.15, -0.1) is 0 Å². The van der Waals surface area contributed by atoms with Crippen LogP contribution >= 0.6 is 0 Å². The number of aliphatic hydroxyl groups is 1. The molecule has 0 aliphatic carbocycles. The molecule has 4 aromatic carbocycles. The van der Waals surface area contributed by atoms with Crippen LogP contribution in [0.3, 0.4) is 0 Å². The highest BCUT2D eigenvalue weighted by atomic mass is 32.2. The van der Waals surface area contributed by atoms with E-state index in [0.717, 1.165) is 65.7 Å². The normalized spacial score (nSPS) is 22.2. The Bertz CT molecular complexity index is 1680. The highest BCUT2D eigenvalue weighted by molar-refractivity contribution is 7.89. The summed E-state index contributed by atoms with van der Waals surface area (Å²) in [7, 11) is -1.86. The van der Waals surface area contributed by atoms with Crippen molar-refractivity contribution in [2.75, 3.05) is 26.8 Å². The number of rotatable bonds is 12. The van der Waals surface area contributed by atoms with Gasteiger partial charge in [-0.25, -0.2) is 13.1 Å². The predicted molar refractivity (Wildman–Crippen MR) is 177 cm³/mol. The van der Waals surface area contributed by atoms with Gasteiger partial charge in [-0.1, -0.05) is 78.9 Å². The number of likely N-dealkylation sites (tertiary alicyclic amines) is 1. The van der Waals surface area contributed by atoms with Crippen LogP contribution in [0.4, 0.5) is 0 Å². The fourth-order valence-electron chi connectivity index (χ4n) is 6.40. The van der Waals surface area contributed by atoms with Gasteiger partial charge in [0.05, 0.1) is 30.3 Å². The van der Waals surface area contributed by atoms with E-state index >= 15 is 0 Å². The first kappa shape index (κ1) is 32.5. The molecule has 2 N–H and O–H groups in total. The molecule has 4 atom stereocenters. The first-order valence-corrected chi connectivity index (χ1v) is 17.4. The molecule has 0 bridgehead atoms. The third-order valence-corrected chi connectivity index (χ3v) is 10.3. The van der Waals surface area contributed by atoms with E-state index in [1.54, 1.807) is 37.4 Å². The molecule has 242 valence electrons. The molecule has 2 saturated heterocycles. The van der Waals surface area contributed by atoms with Crippen LogP contribution in [0.2, 0.25) is 0 Å². The van der Waals surface area contributed by atoms with Crippen molar-refractivity contribution in [2.45, 2.75) is 61.8 Å². The van der Waals surface area contributed by atoms with Crippen LogP contribution in [0.5, 0.6) is 0 Å². The third kappa shape index (κ3) is 7.93. The molecular weight excluding hydrogens is 600 g/mol. The van der Waals surface area contributed by atoms with Crippen LogP contribution in [0.25, 0.3) is 11.1 Å². The summed E-state index contributed by atoms with van der Waals surface area (Å²) in [5.41, 5.74) is 5.67. The molecule has 2 aliphatic heterocycles. The fourth-order valence-corrected chi connectivity index (χ4v) is 7.44. The van der Waals surface area contributed by atoms with Crippen LogP contribution < -0.4 is 4.72 Å². The SMILES string of the molecule is COC[C@@H]1CCCN1C[C@@H]1C[C@H](c2ccc(CO)cc2)O[C@H](c2cccc(-c3cccc(CNS(=O)(=O)c4ccccc4)c3)c2)O1. The van der Waals surface area contributed by atoms with Crippen LogP contribution in [0.15, 0.2) is 108 Å². The molecule has 0 radical (unpaired) electrons. The maximum Gasteiger partial charge on any atom is 0.240 e. The molecule has 6 rings (SSSR count). The van der Waals surface area contributed by atoms with Crippen molar-refractivity contribution in [1.82, 2.24) is 9.62 Å². The lowest BCUT2D eigenvalue weighted by molar-refractivity contribution is -0.253. The van der Waals surface area contributed by atoms with Gasteiger partial charge >= 0.3 is 0 Å². The largest absolute Gasteiger partial charge is 0.392 e. The van der Waals surface area contributed by atoms with E-state index in [0.29, 0.717) is 12.6 Å². The summed E-state index contributed by atoms with van der Waals surface area (Å²) in [4.78, 5) is 2.72. The standard InChI is InChI=1S/C37H42N2O6S/c1-43-26-33-12-7-19-39(33)24-34-22-36(29-17-15-27(25-40)16-18-29)45-37(44-34)32-11-6-10-31(21-32)30-9-5-8-28(20-30)23-38-46(41,42)35-13-3-2-4-14-35/h2-6,8-11,13-18,20-21,33-34,36-38,40H,7,12,19,22-26H2,1H3/t33-,34-,36+,37+/m0/s1. The Kier molecular flexibility index (Phi) is 10.6. The highest BCUT2D eigenvalue weighted by Gasteiger charge is 2.35. The Morgan fingerprint density at radius 1 is 0.870 bits per heavy atom. The van der Waals surface area contributed by atoms with Crippen molar-refractivity contribution in [1.29, 1.82) is 0 Å². The number of ether oxygens (including phenoxy) is 3. The van der Waals surface area contributed by atoms with Crippen LogP contribution in [0, 0.1) is 0 Å². The number of hydrogen-bond acceptors (Lipinski definition) is 7. The van der Waals surface area contributed by atoms with E-state index in [2.05, 4.69) is 15.7 Å². The van der Waals surface area contributed by atoms with E-state index in [-0.39, 0.29) is 30.3 Å². The van der Waals surface area contributed by atoms with Crippen LogP contribution in [-0.4, -0.2) is 57.4 Å². The smallest absolute Gasteiger partial charge is 0.240 e. The van der Waals surface area contributed by atoms with Gasteiger partial charge in [-0.3, -0.25) is 4.90 Å². The first-order chi connectivity index (χ1) is 22.4. The summed E-state index contributed by atoms with van der Waals surface area (Å²) in [6.07, 6.45) is 2.24. The number of aliphatic hydroxyl groups excluding tert-OH is 1. The summed E-state index contributed by atoms with van der Waals surface area (Å²) >= 11 is 0. The molecule has 0 amide bonds. The third-order valence-electron chi connectivity index (χ3n) is 8.85. The Morgan fingerprint density at radius 3 is 2.39 bits per heavy atom. The Labute approximate surface area is 272 Å². The maximum atomic E-state index is 12.8. The minimum Gasteiger partial charge on any atom is -0.392 e. The number of nitrogens with one attached hydrogen (secondary N) is 1. The lowest BCUT2D eigenvalue weighted by atomic mass is 9.98. The van der Waals surface area contributed by atoms with Crippen LogP contribution in [0.1, 0.15) is 53.9 Å². The fraction of sp³-hybridized carbons (Fsp3) is 0.351. The molecule has 2 fully saturated rings. The number of methoxy groups -OCH3 is 1. The number of nitrogens with zero attached hydrogens (tertiary/aromatic N) is 1. The van der Waals surface area contributed by atoms with Crippen molar-refractivity contribution in [3.05, 3.63) is 125 Å². The van der Waals surface area contributed by atoms with Gasteiger partial charge in [0.25, 0.3) is 0 Å². The topological polar surface area (TPSA) is 97.3 Å². The van der Waals surface area contributed by atoms with Crippen LogP contribution in [-0.2, 0) is 37.4 Å². The van der Waals surface area contributed by atoms with E-state index in [1.807, 2.05) is 66.7 Å². The maximum absolute atomic E-state index is 12.8. The number of benzene rings is 4. The second-order valence-electron chi connectivity index (χ2n) is 12.1. The van der Waals surface area contributed by atoms with E-state index in [1.165, 1.54) is 0 Å². The second kappa shape index (κ2) is 15.0. The lowest BCUT2D eigenvalue weighted by Gasteiger charge is -2.39. The van der Waals surface area contributed by atoms with Crippen molar-refractivity contribution in [2.24, 2.45) is 0 Å². The van der Waals surface area contributed by atoms with Crippen molar-refractivity contribution >= 4 is 10.0 Å². The zero-order valence-electron chi connectivity index (χ0n) is 26.1.